The summed E-state index contributed by atoms with van der Waals surface area (Å²) in [5, 5.41) is 12.2. The number of rotatable bonds is 0. The molecule has 0 aliphatic heterocycles. The fraction of sp³-hybridized carbons (Fsp3) is 0. The summed E-state index contributed by atoms with van der Waals surface area (Å²) < 4.78 is 0. The molecule has 1 N–H and O–H groups in total. The number of nitrogens with zero attached hydrogens (tertiary/aromatic N) is 1. The van der Waals surface area contributed by atoms with Crippen molar-refractivity contribution < 1.29 is 39.1 Å². The van der Waals surface area contributed by atoms with Crippen LogP contribution in [0.4, 0.5) is 0 Å². The first-order valence-electron chi connectivity index (χ1n) is 0.882. The normalized spacial score (nSPS) is 1.78. The minimum Gasteiger partial charge on any atom is -0.724 e. The molecule has 7 heteroatoms. The predicted octanol–water partition coefficient (Wildman–Crippen LogP) is -2.36. The van der Waals surface area contributed by atoms with Crippen molar-refractivity contribution in [3.63, 3.8) is 0 Å². The molecule has 0 aliphatic carbocycles. The molecule has 0 bridgehead atoms. The Morgan fingerprint density at radius 3 is 1.22 bits per heavy atom. The van der Waals surface area contributed by atoms with Crippen LogP contribution in [0.1, 0.15) is 0 Å². The second-order valence-corrected chi connectivity index (χ2v) is 0.193. The maximum atomic E-state index is 8.35. The summed E-state index contributed by atoms with van der Waals surface area (Å²) in [5.74, 6) is 0. The zero-order chi connectivity index (χ0) is 5.41. The number of halogens is 2. The van der Waals surface area contributed by atoms with Gasteiger partial charge in [0.25, 0.3) is 0 Å². The van der Waals surface area contributed by atoms with E-state index in [9.17, 15) is 0 Å². The zero-order valence-corrected chi connectivity index (χ0v) is 8.21. The summed E-state index contributed by atoms with van der Waals surface area (Å²) in [6, 6.07) is 0. The molecule has 9 heavy (non-hydrogen) atoms. The summed E-state index contributed by atoms with van der Waals surface area (Å²) >= 11 is 0. The van der Waals surface area contributed by atoms with Gasteiger partial charge in [0.2, 0.25) is 6.08 Å². The largest absolute Gasteiger partial charge is 1.00 e. The second-order valence-electron chi connectivity index (χ2n) is 0.193. The van der Waals surface area contributed by atoms with E-state index in [4.69, 9.17) is 20.4 Å². The van der Waals surface area contributed by atoms with Crippen molar-refractivity contribution in [3.8, 4) is 0 Å². The van der Waals surface area contributed by atoms with Crippen molar-refractivity contribution in [2.45, 2.75) is 0 Å². The summed E-state index contributed by atoms with van der Waals surface area (Å²) in [7, 11) is 0. The van der Waals surface area contributed by atoms with E-state index in [1.165, 1.54) is 0 Å². The summed E-state index contributed by atoms with van der Waals surface area (Å²) in [4.78, 5) is 16.6. The molecule has 0 saturated heterocycles. The van der Waals surface area contributed by atoms with Crippen LogP contribution < -0.4 is 29.6 Å². The van der Waals surface area contributed by atoms with Gasteiger partial charge in [0.15, 0.2) is 0 Å². The number of carbonyl (C=O) groups excluding carboxylic acids is 2. The molecule has 0 unspecified atom stereocenters. The van der Waals surface area contributed by atoms with Crippen molar-refractivity contribution in [2.75, 3.05) is 0 Å². The van der Waals surface area contributed by atoms with Crippen LogP contribution >= 0.6 is 24.8 Å². The molecule has 48 valence electrons. The van der Waals surface area contributed by atoms with Gasteiger partial charge >= 0.3 is 29.6 Å². The van der Waals surface area contributed by atoms with Crippen molar-refractivity contribution in [1.29, 1.82) is 5.41 Å². The van der Waals surface area contributed by atoms with Crippen LogP contribution in [0.3, 0.4) is 0 Å². The van der Waals surface area contributed by atoms with E-state index in [0.29, 0.717) is 6.08 Å². The summed E-state index contributed by atoms with van der Waals surface area (Å²) in [6.45, 7) is 0. The molecule has 0 aromatic heterocycles. The molecule has 0 aliphatic rings. The van der Waals surface area contributed by atoms with Crippen LogP contribution in [0.15, 0.2) is 0 Å². The molecule has 0 rings (SSSR count). The topological polar surface area (TPSA) is 80.3 Å². The Labute approximate surface area is 86.5 Å². The SMILES string of the molecule is Cl.Cl.N=C=O.[N-]=C=O.[Na+]. The van der Waals surface area contributed by atoms with Gasteiger partial charge in [0.05, 0.1) is 0 Å². The summed E-state index contributed by atoms with van der Waals surface area (Å²) in [6.07, 6.45) is 1.25. The standard InChI is InChI=1S/CHNO.CNO.2ClH.Na/c2*2-1-3;;;/h2H;;2*1H;/q;-1;;;+1. The van der Waals surface area contributed by atoms with E-state index in [1.54, 1.807) is 0 Å². The number of hydrogen-bond acceptors (Lipinski definition) is 3. The number of hydrogen-bond donors (Lipinski definition) is 1. The van der Waals surface area contributed by atoms with Gasteiger partial charge in [-0.3, -0.25) is 4.79 Å². The van der Waals surface area contributed by atoms with Crippen molar-refractivity contribution in [1.82, 2.24) is 0 Å². The van der Waals surface area contributed by atoms with E-state index in [2.05, 4.69) is 0 Å². The van der Waals surface area contributed by atoms with Gasteiger partial charge in [-0.2, -0.15) is 0 Å². The third kappa shape index (κ3) is 2900. The van der Waals surface area contributed by atoms with Crippen LogP contribution in [-0.4, -0.2) is 12.2 Å². The van der Waals surface area contributed by atoms with Gasteiger partial charge in [0.1, 0.15) is 0 Å². The average molecular weight is 181 g/mol. The molecular weight excluding hydrogens is 178 g/mol. The van der Waals surface area contributed by atoms with Crippen molar-refractivity contribution >= 4 is 37.0 Å². The molecule has 0 fully saturated rings. The minimum atomic E-state index is 0. The van der Waals surface area contributed by atoms with E-state index in [-0.39, 0.29) is 54.4 Å². The van der Waals surface area contributed by atoms with E-state index in [1.807, 2.05) is 0 Å². The predicted molar refractivity (Wildman–Crippen MR) is 32.0 cm³/mol. The minimum absolute atomic E-state index is 0. The van der Waals surface area contributed by atoms with Gasteiger partial charge in [-0.05, 0) is 6.08 Å². The fourth-order valence-electron chi connectivity index (χ4n) is 0. The molecule has 0 spiro atoms. The van der Waals surface area contributed by atoms with Gasteiger partial charge in [-0.1, -0.05) is 0 Å². The zero-order valence-electron chi connectivity index (χ0n) is 4.58. The first kappa shape index (κ1) is 34.5. The molecule has 0 saturated carbocycles. The first-order chi connectivity index (χ1) is 2.83. The van der Waals surface area contributed by atoms with Crippen molar-refractivity contribution in [3.05, 3.63) is 5.41 Å². The Kier molecular flexibility index (Phi) is 314. The third-order valence-corrected chi connectivity index (χ3v) is 0. The number of isocyanates is 2. The fourth-order valence-corrected chi connectivity index (χ4v) is 0. The van der Waals surface area contributed by atoms with Crippen LogP contribution in [-0.2, 0) is 9.59 Å². The number of nitrogens with one attached hydrogen (secondary N) is 1. The van der Waals surface area contributed by atoms with Crippen molar-refractivity contribution in [2.24, 2.45) is 0 Å². The Morgan fingerprint density at radius 1 is 1.22 bits per heavy atom. The summed E-state index contributed by atoms with van der Waals surface area (Å²) in [5.41, 5.74) is 0. The molecular formula is C2H3Cl2N2NaO2. The molecule has 4 nitrogen and oxygen atoms in total. The Balaban J connectivity index is -0.00000000889. The van der Waals surface area contributed by atoms with Gasteiger partial charge in [0, 0.05) is 0 Å². The van der Waals surface area contributed by atoms with E-state index >= 15 is 0 Å². The smallest absolute Gasteiger partial charge is 0.724 e. The molecule has 0 amide bonds. The van der Waals surface area contributed by atoms with Crippen LogP contribution in [0.2, 0.25) is 0 Å². The Bertz CT molecular complexity index is 74.6. The van der Waals surface area contributed by atoms with Crippen LogP contribution in [0.25, 0.3) is 5.41 Å². The molecule has 0 aromatic rings. The van der Waals surface area contributed by atoms with E-state index < -0.39 is 0 Å². The first-order valence-corrected chi connectivity index (χ1v) is 0.882. The van der Waals surface area contributed by atoms with Crippen LogP contribution in [0, 0.1) is 5.41 Å². The molecule has 0 radical (unpaired) electrons. The maximum Gasteiger partial charge on any atom is 1.00 e. The Morgan fingerprint density at radius 2 is 1.22 bits per heavy atom. The Hall–Kier alpha value is 0.340. The maximum absolute atomic E-state index is 8.35. The average Bonchev–Trinajstić information content (AvgIpc) is 1.39. The van der Waals surface area contributed by atoms with Gasteiger partial charge in [-0.25, -0.2) is 10.2 Å². The van der Waals surface area contributed by atoms with Gasteiger partial charge < -0.3 is 5.41 Å². The third-order valence-electron chi connectivity index (χ3n) is 0. The van der Waals surface area contributed by atoms with E-state index in [0.717, 1.165) is 6.08 Å². The second kappa shape index (κ2) is 82.1. The van der Waals surface area contributed by atoms with Crippen LogP contribution in [0.5, 0.6) is 0 Å². The molecule has 0 aromatic carbocycles. The monoisotopic (exact) mass is 180 g/mol. The molecule has 0 atom stereocenters. The van der Waals surface area contributed by atoms with Gasteiger partial charge in [-0.15, -0.1) is 24.8 Å². The quantitative estimate of drug-likeness (QED) is 0.257. The molecule has 0 heterocycles.